The highest BCUT2D eigenvalue weighted by atomic mass is 32.1. The van der Waals surface area contributed by atoms with Gasteiger partial charge in [-0.3, -0.25) is 14.4 Å². The van der Waals surface area contributed by atoms with E-state index in [4.69, 9.17) is 5.11 Å². The maximum atomic E-state index is 12.2. The molecule has 3 N–H and O–H groups in total. The number of carboxylic acid groups (broad SMARTS) is 1. The lowest BCUT2D eigenvalue weighted by Gasteiger charge is -2.08. The Balaban J connectivity index is 2.22. The minimum absolute atomic E-state index is 0.383. The Hall–Kier alpha value is -2.93. The molecule has 0 aliphatic carbocycles. The first kappa shape index (κ1) is 15.0. The topological polar surface area (TPSA) is 104 Å². The summed E-state index contributed by atoms with van der Waals surface area (Å²) in [7, 11) is 0. The highest BCUT2D eigenvalue weighted by Gasteiger charge is 2.20. The van der Waals surface area contributed by atoms with Crippen molar-refractivity contribution in [2.24, 2.45) is 0 Å². The van der Waals surface area contributed by atoms with Crippen LogP contribution in [0.5, 0.6) is 5.75 Å². The predicted molar refractivity (Wildman–Crippen MR) is 87.2 cm³/mol. The van der Waals surface area contributed by atoms with E-state index >= 15 is 0 Å². The standard InChI is InChI=1S/C16H11NO5S/c18-11(19)7-17-15(21)12-13(20)10-6-5-8-3-1-2-4-9(8)14(10)23-16(12)22/h1-6,20H,7H2,(H,17,21)(H,18,19). The molecule has 23 heavy (non-hydrogen) atoms. The molecule has 0 bridgehead atoms. The molecule has 116 valence electrons. The van der Waals surface area contributed by atoms with Crippen LogP contribution in [-0.4, -0.2) is 28.6 Å². The normalized spacial score (nSPS) is 10.8. The van der Waals surface area contributed by atoms with Crippen molar-refractivity contribution in [3.63, 3.8) is 0 Å². The number of aliphatic carboxylic acids is 1. The molecule has 3 rings (SSSR count). The first-order valence-electron chi connectivity index (χ1n) is 6.66. The van der Waals surface area contributed by atoms with Crippen LogP contribution in [0.4, 0.5) is 0 Å². The van der Waals surface area contributed by atoms with Gasteiger partial charge < -0.3 is 15.5 Å². The van der Waals surface area contributed by atoms with Gasteiger partial charge in [0, 0.05) is 10.1 Å². The largest absolute Gasteiger partial charge is 0.506 e. The van der Waals surface area contributed by atoms with E-state index in [1.807, 2.05) is 24.3 Å². The zero-order valence-corrected chi connectivity index (χ0v) is 12.5. The van der Waals surface area contributed by atoms with E-state index in [1.165, 1.54) is 0 Å². The fourth-order valence-corrected chi connectivity index (χ4v) is 3.41. The summed E-state index contributed by atoms with van der Waals surface area (Å²) in [6.45, 7) is -0.627. The molecular weight excluding hydrogens is 318 g/mol. The number of hydrogen-bond acceptors (Lipinski definition) is 5. The number of aromatic hydroxyl groups is 1. The predicted octanol–water partition coefficient (Wildman–Crippen LogP) is 1.93. The molecule has 0 spiro atoms. The van der Waals surface area contributed by atoms with Crippen molar-refractivity contribution in [2.75, 3.05) is 6.54 Å². The zero-order chi connectivity index (χ0) is 16.6. The number of nitrogens with one attached hydrogen (secondary N) is 1. The minimum atomic E-state index is -1.24. The third kappa shape index (κ3) is 2.62. The Bertz CT molecular complexity index is 1010. The second-order valence-electron chi connectivity index (χ2n) is 4.85. The number of carboxylic acids is 1. The minimum Gasteiger partial charge on any atom is -0.506 e. The fourth-order valence-electron chi connectivity index (χ4n) is 2.36. The zero-order valence-electron chi connectivity index (χ0n) is 11.7. The van der Waals surface area contributed by atoms with Crippen LogP contribution in [0.25, 0.3) is 20.9 Å². The highest BCUT2D eigenvalue weighted by Crippen LogP contribution is 2.34. The quantitative estimate of drug-likeness (QED) is 0.637. The van der Waals surface area contributed by atoms with Crippen LogP contribution in [0.15, 0.2) is 41.2 Å². The van der Waals surface area contributed by atoms with Gasteiger partial charge in [-0.25, -0.2) is 0 Å². The number of carbonyl (C=O) groups excluding carboxylic acids is 1. The van der Waals surface area contributed by atoms with E-state index in [1.54, 1.807) is 12.1 Å². The van der Waals surface area contributed by atoms with Gasteiger partial charge in [-0.1, -0.05) is 41.7 Å². The van der Waals surface area contributed by atoms with E-state index in [0.717, 1.165) is 22.1 Å². The van der Waals surface area contributed by atoms with E-state index in [2.05, 4.69) is 5.32 Å². The second kappa shape index (κ2) is 5.69. The molecule has 1 amide bonds. The van der Waals surface area contributed by atoms with Crippen molar-refractivity contribution in [3.05, 3.63) is 51.5 Å². The number of hydrogen-bond donors (Lipinski definition) is 3. The van der Waals surface area contributed by atoms with Crippen molar-refractivity contribution in [1.82, 2.24) is 5.32 Å². The number of fused-ring (bicyclic) bond motifs is 3. The van der Waals surface area contributed by atoms with E-state index in [9.17, 15) is 19.5 Å². The molecular formula is C16H11NO5S. The maximum Gasteiger partial charge on any atom is 0.322 e. The van der Waals surface area contributed by atoms with Gasteiger partial charge in [0.1, 0.15) is 17.9 Å². The molecule has 6 nitrogen and oxygen atoms in total. The van der Waals surface area contributed by atoms with Gasteiger partial charge in [0.05, 0.1) is 0 Å². The van der Waals surface area contributed by atoms with Crippen LogP contribution in [0.3, 0.4) is 0 Å². The van der Waals surface area contributed by atoms with Crippen molar-refractivity contribution < 1.29 is 19.8 Å². The fraction of sp³-hybridized carbons (Fsp3) is 0.0625. The van der Waals surface area contributed by atoms with Gasteiger partial charge in [-0.05, 0) is 16.8 Å². The Labute approximate surface area is 133 Å². The molecule has 1 aromatic heterocycles. The van der Waals surface area contributed by atoms with Gasteiger partial charge in [-0.2, -0.15) is 0 Å². The SMILES string of the molecule is O=C(O)CNC(=O)c1c(O)c2ccc3ccccc3c2sc1=O. The lowest BCUT2D eigenvalue weighted by atomic mass is 10.1. The first-order chi connectivity index (χ1) is 11.0. The average Bonchev–Trinajstić information content (AvgIpc) is 2.52. The van der Waals surface area contributed by atoms with Crippen LogP contribution in [0.1, 0.15) is 10.4 Å². The van der Waals surface area contributed by atoms with Crippen molar-refractivity contribution in [2.45, 2.75) is 0 Å². The molecule has 3 aromatic rings. The summed E-state index contributed by atoms with van der Waals surface area (Å²) in [6.07, 6.45) is 0. The van der Waals surface area contributed by atoms with Crippen molar-refractivity contribution in [3.8, 4) is 5.75 Å². The summed E-state index contributed by atoms with van der Waals surface area (Å²) < 4.78 is -0.0328. The molecule has 0 saturated carbocycles. The second-order valence-corrected chi connectivity index (χ2v) is 5.84. The van der Waals surface area contributed by atoms with Gasteiger partial charge in [0.2, 0.25) is 4.74 Å². The molecule has 0 unspecified atom stereocenters. The first-order valence-corrected chi connectivity index (χ1v) is 7.48. The molecule has 0 radical (unpaired) electrons. The highest BCUT2D eigenvalue weighted by molar-refractivity contribution is 7.17. The summed E-state index contributed by atoms with van der Waals surface area (Å²) in [5.74, 6) is -2.57. The Morgan fingerprint density at radius 3 is 2.57 bits per heavy atom. The number of benzene rings is 2. The lowest BCUT2D eigenvalue weighted by Crippen LogP contribution is -2.32. The molecule has 0 fully saturated rings. The molecule has 7 heteroatoms. The molecule has 0 saturated heterocycles. The third-order valence-electron chi connectivity index (χ3n) is 3.40. The van der Waals surface area contributed by atoms with Crippen LogP contribution in [0.2, 0.25) is 0 Å². The summed E-state index contributed by atoms with van der Waals surface area (Å²) in [5, 5.41) is 23.1. The Morgan fingerprint density at radius 1 is 1.09 bits per heavy atom. The maximum absolute atomic E-state index is 12.2. The third-order valence-corrected chi connectivity index (χ3v) is 4.43. The summed E-state index contributed by atoms with van der Waals surface area (Å²) >= 11 is 0.851. The van der Waals surface area contributed by atoms with E-state index < -0.39 is 34.5 Å². The monoisotopic (exact) mass is 329 g/mol. The van der Waals surface area contributed by atoms with Crippen LogP contribution in [-0.2, 0) is 4.79 Å². The van der Waals surface area contributed by atoms with E-state index in [0.29, 0.717) is 10.1 Å². The van der Waals surface area contributed by atoms with Crippen molar-refractivity contribution in [1.29, 1.82) is 0 Å². The van der Waals surface area contributed by atoms with Gasteiger partial charge >= 0.3 is 5.97 Å². The molecule has 2 aromatic carbocycles. The van der Waals surface area contributed by atoms with Gasteiger partial charge in [0.25, 0.3) is 5.91 Å². The van der Waals surface area contributed by atoms with Crippen LogP contribution < -0.4 is 10.1 Å². The van der Waals surface area contributed by atoms with E-state index in [-0.39, 0.29) is 0 Å². The Kier molecular flexibility index (Phi) is 3.71. The van der Waals surface area contributed by atoms with Crippen LogP contribution in [0, 0.1) is 0 Å². The average molecular weight is 329 g/mol. The molecule has 0 aliphatic heterocycles. The summed E-state index contributed by atoms with van der Waals surface area (Å²) in [5.41, 5.74) is -0.431. The number of carbonyl (C=O) groups is 2. The van der Waals surface area contributed by atoms with Crippen LogP contribution >= 0.6 is 11.3 Å². The molecule has 1 heterocycles. The molecule has 0 atom stereocenters. The summed E-state index contributed by atoms with van der Waals surface area (Å²) in [6, 6.07) is 10.8. The molecule has 0 aliphatic rings. The lowest BCUT2D eigenvalue weighted by molar-refractivity contribution is -0.135. The summed E-state index contributed by atoms with van der Waals surface area (Å²) in [4.78, 5) is 34.7. The smallest absolute Gasteiger partial charge is 0.322 e. The number of amides is 1. The number of rotatable bonds is 3. The van der Waals surface area contributed by atoms with Gasteiger partial charge in [-0.15, -0.1) is 0 Å². The van der Waals surface area contributed by atoms with Gasteiger partial charge in [0.15, 0.2) is 0 Å². The Morgan fingerprint density at radius 2 is 1.83 bits per heavy atom. The van der Waals surface area contributed by atoms with Crippen molar-refractivity contribution >= 4 is 44.1 Å².